The summed E-state index contributed by atoms with van der Waals surface area (Å²) >= 11 is 2.93. The molecule has 70 valence electrons. The van der Waals surface area contributed by atoms with Crippen molar-refractivity contribution in [3.63, 3.8) is 0 Å². The van der Waals surface area contributed by atoms with Gasteiger partial charge in [-0.05, 0) is 0 Å². The Labute approximate surface area is 91.3 Å². The molecule has 2 heteroatoms. The normalized spacial score (nSPS) is 10.4. The van der Waals surface area contributed by atoms with E-state index in [2.05, 4.69) is 40.1 Å². The summed E-state index contributed by atoms with van der Waals surface area (Å²) in [5, 5.41) is 2.44. The minimum absolute atomic E-state index is 0.835. The van der Waals surface area contributed by atoms with Crippen molar-refractivity contribution >= 4 is 15.3 Å². The molecule has 0 atom stereocenters. The number of methoxy groups -OCH3 is 1. The van der Waals surface area contributed by atoms with Crippen LogP contribution in [-0.2, 0) is 20.6 Å². The second-order valence-corrected chi connectivity index (χ2v) is 3.60. The van der Waals surface area contributed by atoms with Crippen LogP contribution in [0, 0.1) is 0 Å². The van der Waals surface area contributed by atoms with Crippen molar-refractivity contribution < 1.29 is 20.6 Å². The predicted molar refractivity (Wildman–Crippen MR) is 55.1 cm³/mol. The summed E-state index contributed by atoms with van der Waals surface area (Å²) in [6.07, 6.45) is 0. The summed E-state index contributed by atoms with van der Waals surface area (Å²) in [4.78, 5) is 0. The van der Waals surface area contributed by atoms with Gasteiger partial charge < -0.3 is 0 Å². The van der Waals surface area contributed by atoms with Crippen LogP contribution in [0.25, 0.3) is 10.8 Å². The van der Waals surface area contributed by atoms with Gasteiger partial charge >= 0.3 is 91.1 Å². The van der Waals surface area contributed by atoms with Gasteiger partial charge in [-0.1, -0.05) is 0 Å². The van der Waals surface area contributed by atoms with Crippen molar-refractivity contribution in [1.82, 2.24) is 0 Å². The Morgan fingerprint density at radius 3 is 2.57 bits per heavy atom. The fourth-order valence-corrected chi connectivity index (χ4v) is 1.79. The molecule has 0 spiro atoms. The zero-order valence-corrected chi connectivity index (χ0v) is 9.13. The molecule has 0 N–H and O–H groups in total. The van der Waals surface area contributed by atoms with Crippen LogP contribution >= 0.6 is 0 Å². The monoisotopic (exact) mass is 222 g/mol. The van der Waals surface area contributed by atoms with Crippen LogP contribution in [0.3, 0.4) is 0 Å². The fraction of sp³-hybridized carbons (Fsp3) is 0.0833. The molecule has 0 aromatic heterocycles. The van der Waals surface area contributed by atoms with Crippen LogP contribution in [0.2, 0.25) is 0 Å². The van der Waals surface area contributed by atoms with Crippen LogP contribution < -0.4 is 0 Å². The molecule has 0 aliphatic heterocycles. The molecule has 0 bridgehead atoms. The van der Waals surface area contributed by atoms with E-state index in [1.807, 2.05) is 18.2 Å². The standard InChI is InChI=1S/C12H10O.Cr/c1-13-9-11-7-4-6-10-5-2-3-8-12(10)11;/h2-8H,1H3;. The number of hydrogen-bond acceptors (Lipinski definition) is 1. The van der Waals surface area contributed by atoms with Gasteiger partial charge in [-0.15, -0.1) is 0 Å². The Morgan fingerprint density at radius 1 is 1.07 bits per heavy atom. The molecule has 0 radical (unpaired) electrons. The molecule has 0 saturated heterocycles. The molecule has 2 aromatic rings. The van der Waals surface area contributed by atoms with Crippen LogP contribution in [0.4, 0.5) is 0 Å². The van der Waals surface area contributed by atoms with Crippen molar-refractivity contribution in [2.75, 3.05) is 7.11 Å². The summed E-state index contributed by atoms with van der Waals surface area (Å²) < 4.78 is 6.04. The van der Waals surface area contributed by atoms with Crippen LogP contribution in [0.15, 0.2) is 42.5 Å². The van der Waals surface area contributed by atoms with E-state index < -0.39 is 0 Å². The SMILES string of the molecule is CO[C](=[Cr])c1cccc2ccccc12. The average molecular weight is 222 g/mol. The van der Waals surface area contributed by atoms with E-state index >= 15 is 0 Å². The van der Waals surface area contributed by atoms with Gasteiger partial charge in [0.1, 0.15) is 0 Å². The van der Waals surface area contributed by atoms with E-state index in [0.29, 0.717) is 0 Å². The predicted octanol–water partition coefficient (Wildman–Crippen LogP) is 2.51. The number of fused-ring (bicyclic) bond motifs is 1. The van der Waals surface area contributed by atoms with E-state index in [4.69, 9.17) is 4.74 Å². The van der Waals surface area contributed by atoms with Gasteiger partial charge in [0.15, 0.2) is 0 Å². The summed E-state index contributed by atoms with van der Waals surface area (Å²) in [5.41, 5.74) is 1.12. The van der Waals surface area contributed by atoms with Gasteiger partial charge in [0.25, 0.3) is 0 Å². The number of rotatable bonds is 2. The van der Waals surface area contributed by atoms with Gasteiger partial charge in [-0.25, -0.2) is 0 Å². The van der Waals surface area contributed by atoms with E-state index in [1.165, 1.54) is 10.8 Å². The topological polar surface area (TPSA) is 9.23 Å². The molecule has 14 heavy (non-hydrogen) atoms. The second kappa shape index (κ2) is 4.06. The van der Waals surface area contributed by atoms with E-state index in [0.717, 1.165) is 10.1 Å². The Hall–Kier alpha value is -0.938. The molecule has 2 rings (SSSR count). The first-order valence-corrected chi connectivity index (χ1v) is 5.03. The molecule has 0 heterocycles. The first-order valence-electron chi connectivity index (χ1n) is 4.39. The first kappa shape index (κ1) is 9.61. The average Bonchev–Trinajstić information content (AvgIpc) is 2.27. The molecular formula is C12H10CrO. The van der Waals surface area contributed by atoms with Gasteiger partial charge in [-0.2, -0.15) is 0 Å². The third-order valence-corrected chi connectivity index (χ3v) is 2.80. The van der Waals surface area contributed by atoms with Gasteiger partial charge in [0, 0.05) is 0 Å². The molecule has 0 aliphatic carbocycles. The number of ether oxygens (including phenoxy) is 1. The second-order valence-electron chi connectivity index (χ2n) is 3.02. The van der Waals surface area contributed by atoms with Crippen molar-refractivity contribution in [3.8, 4) is 0 Å². The summed E-state index contributed by atoms with van der Waals surface area (Å²) in [7, 11) is 1.67. The van der Waals surface area contributed by atoms with Crippen molar-refractivity contribution in [3.05, 3.63) is 48.0 Å². The molecule has 0 saturated carbocycles. The molecule has 2 aromatic carbocycles. The molecule has 1 nitrogen and oxygen atoms in total. The third kappa shape index (κ3) is 1.65. The van der Waals surface area contributed by atoms with Crippen LogP contribution in [0.1, 0.15) is 5.56 Å². The van der Waals surface area contributed by atoms with E-state index in [9.17, 15) is 0 Å². The fourth-order valence-electron chi connectivity index (χ4n) is 1.51. The third-order valence-electron chi connectivity index (χ3n) is 2.19. The Kier molecular flexibility index (Phi) is 2.79. The minimum atomic E-state index is 0.835. The molecule has 0 aliphatic rings. The molecule has 0 unspecified atom stereocenters. The Bertz CT molecular complexity index is 471. The zero-order chi connectivity index (χ0) is 9.97. The van der Waals surface area contributed by atoms with Gasteiger partial charge in [-0.3, -0.25) is 0 Å². The van der Waals surface area contributed by atoms with Crippen molar-refractivity contribution in [2.24, 2.45) is 0 Å². The molecular weight excluding hydrogens is 212 g/mol. The van der Waals surface area contributed by atoms with Gasteiger partial charge in [0.05, 0.1) is 0 Å². The van der Waals surface area contributed by atoms with Crippen LogP contribution in [0.5, 0.6) is 0 Å². The van der Waals surface area contributed by atoms with Crippen LogP contribution in [-0.4, -0.2) is 11.7 Å². The first-order chi connectivity index (χ1) is 6.83. The summed E-state index contributed by atoms with van der Waals surface area (Å²) in [6.45, 7) is 0. The summed E-state index contributed by atoms with van der Waals surface area (Å²) in [6, 6.07) is 14.5. The quantitative estimate of drug-likeness (QED) is 0.758. The maximum atomic E-state index is 5.21. The van der Waals surface area contributed by atoms with Crippen molar-refractivity contribution in [2.45, 2.75) is 0 Å². The number of hydrogen-bond donors (Lipinski definition) is 0. The van der Waals surface area contributed by atoms with Gasteiger partial charge in [0.2, 0.25) is 0 Å². The Morgan fingerprint density at radius 2 is 1.79 bits per heavy atom. The number of benzene rings is 2. The van der Waals surface area contributed by atoms with E-state index in [1.54, 1.807) is 7.11 Å². The van der Waals surface area contributed by atoms with E-state index in [-0.39, 0.29) is 0 Å². The zero-order valence-electron chi connectivity index (χ0n) is 7.86. The maximum absolute atomic E-state index is 5.21. The summed E-state index contributed by atoms with van der Waals surface area (Å²) in [5.74, 6) is 0. The molecule has 0 amide bonds. The molecule has 0 fully saturated rings. The van der Waals surface area contributed by atoms with Crippen molar-refractivity contribution in [1.29, 1.82) is 0 Å². The Balaban J connectivity index is 2.71.